The van der Waals surface area contributed by atoms with E-state index in [9.17, 15) is 18.0 Å². The van der Waals surface area contributed by atoms with Gasteiger partial charge in [-0.2, -0.15) is 0 Å². The van der Waals surface area contributed by atoms with Gasteiger partial charge in [-0.15, -0.1) is 0 Å². The molecule has 214 valence electrons. The van der Waals surface area contributed by atoms with E-state index in [0.717, 1.165) is 21.7 Å². The molecular weight excluding hydrogens is 554 g/mol. The van der Waals surface area contributed by atoms with Gasteiger partial charge in [0.1, 0.15) is 24.1 Å². The summed E-state index contributed by atoms with van der Waals surface area (Å²) in [5, 5.41) is 3.35. The highest BCUT2D eigenvalue weighted by molar-refractivity contribution is 7.92. The number of methoxy groups -OCH3 is 2. The fourth-order valence-corrected chi connectivity index (χ4v) is 5.19. The van der Waals surface area contributed by atoms with Crippen LogP contribution in [0.1, 0.15) is 18.1 Å². The van der Waals surface area contributed by atoms with E-state index in [-0.39, 0.29) is 30.3 Å². The number of sulfonamides is 1. The third-order valence-electron chi connectivity index (χ3n) is 6.22. The molecule has 0 aliphatic carbocycles. The Hall–Kier alpha value is -3.76. The lowest BCUT2D eigenvalue weighted by atomic mass is 10.0. The van der Waals surface area contributed by atoms with Crippen molar-refractivity contribution in [3.63, 3.8) is 0 Å². The number of ether oxygens (including phenoxy) is 2. The molecule has 0 fully saturated rings. The lowest BCUT2D eigenvalue weighted by Gasteiger charge is -2.33. The number of carbonyl (C=O) groups excluding carboxylic acids is 2. The number of nitrogens with one attached hydrogen (secondary N) is 1. The van der Waals surface area contributed by atoms with Crippen LogP contribution in [-0.2, 0) is 32.6 Å². The molecule has 0 heterocycles. The van der Waals surface area contributed by atoms with Crippen molar-refractivity contribution in [1.82, 2.24) is 10.2 Å². The third kappa shape index (κ3) is 8.12. The highest BCUT2D eigenvalue weighted by atomic mass is 35.5. The highest BCUT2D eigenvalue weighted by Gasteiger charge is 2.33. The van der Waals surface area contributed by atoms with E-state index in [1.54, 1.807) is 43.3 Å². The van der Waals surface area contributed by atoms with E-state index in [2.05, 4.69) is 5.32 Å². The molecule has 9 nitrogen and oxygen atoms in total. The van der Waals surface area contributed by atoms with Crippen molar-refractivity contribution < 1.29 is 27.5 Å². The number of likely N-dealkylation sites (N-methyl/N-ethyl adjacent to an activating group) is 1. The Bertz CT molecular complexity index is 1400. The third-order valence-corrected chi connectivity index (χ3v) is 7.60. The number of hydrogen-bond acceptors (Lipinski definition) is 6. The van der Waals surface area contributed by atoms with Crippen molar-refractivity contribution in [2.24, 2.45) is 0 Å². The van der Waals surface area contributed by atoms with Gasteiger partial charge in [-0.25, -0.2) is 8.42 Å². The predicted molar refractivity (Wildman–Crippen MR) is 156 cm³/mol. The Morgan fingerprint density at radius 1 is 0.950 bits per heavy atom. The first-order chi connectivity index (χ1) is 19.1. The summed E-state index contributed by atoms with van der Waals surface area (Å²) in [4.78, 5) is 28.9. The van der Waals surface area contributed by atoms with Crippen molar-refractivity contribution in [2.45, 2.75) is 25.9 Å². The van der Waals surface area contributed by atoms with Crippen LogP contribution in [-0.4, -0.2) is 64.7 Å². The van der Waals surface area contributed by atoms with E-state index < -0.39 is 28.5 Å². The number of rotatable bonds is 13. The molecule has 11 heteroatoms. The molecule has 0 radical (unpaired) electrons. The first-order valence-corrected chi connectivity index (χ1v) is 14.8. The van der Waals surface area contributed by atoms with Crippen molar-refractivity contribution in [3.05, 3.63) is 88.9 Å². The van der Waals surface area contributed by atoms with Crippen molar-refractivity contribution in [1.29, 1.82) is 0 Å². The largest absolute Gasteiger partial charge is 0.497 e. The minimum absolute atomic E-state index is 0.0531. The molecule has 3 aromatic carbocycles. The number of amides is 2. The SMILES string of the molecule is CCNC(=O)C(Cc1ccccc1)N(Cc1ccc(Cl)cc1)C(=O)CN(c1cc(OC)ccc1OC)S(C)(=O)=O. The molecule has 0 aliphatic rings. The molecule has 1 unspecified atom stereocenters. The summed E-state index contributed by atoms with van der Waals surface area (Å²) in [5.41, 5.74) is 1.72. The summed E-state index contributed by atoms with van der Waals surface area (Å²) in [6, 6.07) is 20.0. The average Bonchev–Trinajstić information content (AvgIpc) is 2.94. The van der Waals surface area contributed by atoms with Crippen LogP contribution < -0.4 is 19.1 Å². The summed E-state index contributed by atoms with van der Waals surface area (Å²) >= 11 is 6.07. The minimum Gasteiger partial charge on any atom is -0.497 e. The molecule has 0 aliphatic heterocycles. The number of anilines is 1. The summed E-state index contributed by atoms with van der Waals surface area (Å²) in [6.07, 6.45) is 1.24. The molecule has 0 saturated heterocycles. The van der Waals surface area contributed by atoms with E-state index in [1.807, 2.05) is 30.3 Å². The number of nitrogens with zero attached hydrogens (tertiary/aromatic N) is 2. The van der Waals surface area contributed by atoms with Gasteiger partial charge in [0.2, 0.25) is 21.8 Å². The second-order valence-electron chi connectivity index (χ2n) is 9.06. The monoisotopic (exact) mass is 587 g/mol. The van der Waals surface area contributed by atoms with Crippen LogP contribution in [0.15, 0.2) is 72.8 Å². The summed E-state index contributed by atoms with van der Waals surface area (Å²) in [7, 11) is -1.10. The zero-order chi connectivity index (χ0) is 29.3. The van der Waals surface area contributed by atoms with Crippen LogP contribution >= 0.6 is 11.6 Å². The predicted octanol–water partition coefficient (Wildman–Crippen LogP) is 3.90. The summed E-state index contributed by atoms with van der Waals surface area (Å²) < 4.78 is 37.7. The lowest BCUT2D eigenvalue weighted by molar-refractivity contribution is -0.140. The van der Waals surface area contributed by atoms with Crippen LogP contribution in [0, 0.1) is 0 Å². The number of hydrogen-bond donors (Lipinski definition) is 1. The summed E-state index contributed by atoms with van der Waals surface area (Å²) in [6.45, 7) is 1.64. The molecule has 0 saturated carbocycles. The smallest absolute Gasteiger partial charge is 0.244 e. The number of halogens is 1. The maximum atomic E-state index is 14.1. The van der Waals surface area contributed by atoms with Gasteiger partial charge in [0.15, 0.2) is 0 Å². The Kier molecular flexibility index (Phi) is 10.8. The van der Waals surface area contributed by atoms with Crippen molar-refractivity contribution in [2.75, 3.05) is 37.9 Å². The average molecular weight is 588 g/mol. The number of carbonyl (C=O) groups is 2. The quantitative estimate of drug-likeness (QED) is 0.325. The van der Waals surface area contributed by atoms with Gasteiger partial charge in [-0.1, -0.05) is 54.1 Å². The van der Waals surface area contributed by atoms with Crippen LogP contribution in [0.5, 0.6) is 11.5 Å². The molecule has 3 aromatic rings. The Morgan fingerprint density at radius 3 is 2.20 bits per heavy atom. The lowest BCUT2D eigenvalue weighted by Crippen LogP contribution is -2.53. The van der Waals surface area contributed by atoms with Crippen LogP contribution in [0.3, 0.4) is 0 Å². The molecule has 3 rings (SSSR count). The second kappa shape index (κ2) is 14.0. The summed E-state index contributed by atoms with van der Waals surface area (Å²) in [5.74, 6) is -0.289. The van der Waals surface area contributed by atoms with E-state index in [1.165, 1.54) is 25.2 Å². The van der Waals surface area contributed by atoms with Crippen molar-refractivity contribution in [3.8, 4) is 11.5 Å². The van der Waals surface area contributed by atoms with Crippen molar-refractivity contribution >= 4 is 39.1 Å². The topological polar surface area (TPSA) is 105 Å². The van der Waals surface area contributed by atoms with Gasteiger partial charge < -0.3 is 19.7 Å². The zero-order valence-corrected chi connectivity index (χ0v) is 24.5. The fraction of sp³-hybridized carbons (Fsp3) is 0.310. The van der Waals surface area contributed by atoms with Crippen LogP contribution in [0.4, 0.5) is 5.69 Å². The van der Waals surface area contributed by atoms with Gasteiger partial charge in [0.25, 0.3) is 0 Å². The Morgan fingerprint density at radius 2 is 1.62 bits per heavy atom. The fourth-order valence-electron chi connectivity index (χ4n) is 4.22. The standard InChI is InChI=1S/C29H34ClN3O6S/c1-5-31-29(35)26(17-21-9-7-6-8-10-21)32(19-22-11-13-23(30)14-12-22)28(34)20-33(40(4,36)37)25-18-24(38-2)15-16-27(25)39-3/h6-16,18,26H,5,17,19-20H2,1-4H3,(H,31,35). The molecule has 2 amide bonds. The molecule has 0 spiro atoms. The minimum atomic E-state index is -3.97. The maximum Gasteiger partial charge on any atom is 0.244 e. The van der Waals surface area contributed by atoms with E-state index in [4.69, 9.17) is 21.1 Å². The Labute approximate surface area is 240 Å². The molecule has 1 N–H and O–H groups in total. The van der Waals surface area contributed by atoms with Crippen LogP contribution in [0.2, 0.25) is 5.02 Å². The first-order valence-electron chi connectivity index (χ1n) is 12.6. The van der Waals surface area contributed by atoms with Gasteiger partial charge >= 0.3 is 0 Å². The zero-order valence-electron chi connectivity index (χ0n) is 23.0. The number of benzene rings is 3. The van der Waals surface area contributed by atoms with E-state index in [0.29, 0.717) is 17.3 Å². The van der Waals surface area contributed by atoms with Gasteiger partial charge in [0, 0.05) is 30.6 Å². The molecule has 1 atom stereocenters. The van der Waals surface area contributed by atoms with Gasteiger partial charge in [-0.3, -0.25) is 13.9 Å². The first kappa shape index (κ1) is 30.8. The van der Waals surface area contributed by atoms with Gasteiger partial charge in [0.05, 0.1) is 26.2 Å². The van der Waals surface area contributed by atoms with Crippen LogP contribution in [0.25, 0.3) is 0 Å². The van der Waals surface area contributed by atoms with E-state index >= 15 is 0 Å². The second-order valence-corrected chi connectivity index (χ2v) is 11.4. The van der Waals surface area contributed by atoms with Gasteiger partial charge in [-0.05, 0) is 42.3 Å². The maximum absolute atomic E-state index is 14.1. The Balaban J connectivity index is 2.08. The molecule has 0 bridgehead atoms. The highest BCUT2D eigenvalue weighted by Crippen LogP contribution is 2.34. The molecular formula is C29H34ClN3O6S. The molecule has 40 heavy (non-hydrogen) atoms. The molecule has 0 aromatic heterocycles. The normalized spacial score (nSPS) is 11.8.